The van der Waals surface area contributed by atoms with Crippen LogP contribution < -0.4 is 10.1 Å². The summed E-state index contributed by atoms with van der Waals surface area (Å²) in [4.78, 5) is 31.1. The van der Waals surface area contributed by atoms with Gasteiger partial charge in [0, 0.05) is 36.1 Å². The Bertz CT molecular complexity index is 1030. The number of benzene rings is 2. The van der Waals surface area contributed by atoms with Crippen LogP contribution in [0.25, 0.3) is 0 Å². The molecule has 6 nitrogen and oxygen atoms in total. The van der Waals surface area contributed by atoms with Crippen molar-refractivity contribution in [3.63, 3.8) is 0 Å². The van der Waals surface area contributed by atoms with Gasteiger partial charge in [0.1, 0.15) is 18.2 Å². The molecule has 2 heterocycles. The van der Waals surface area contributed by atoms with Crippen molar-refractivity contribution in [3.05, 3.63) is 77.1 Å². The third kappa shape index (κ3) is 5.46. The molecule has 0 unspecified atom stereocenters. The first-order valence-electron chi connectivity index (χ1n) is 10.1. The van der Waals surface area contributed by atoms with Crippen LogP contribution in [0.15, 0.2) is 60.1 Å². The third-order valence-corrected chi connectivity index (χ3v) is 5.90. The van der Waals surface area contributed by atoms with Crippen LogP contribution in [0, 0.1) is 11.7 Å². The van der Waals surface area contributed by atoms with Gasteiger partial charge >= 0.3 is 0 Å². The molecular weight excluding hydrogens is 417 g/mol. The van der Waals surface area contributed by atoms with Gasteiger partial charge in [0.05, 0.1) is 0 Å². The number of carbonyl (C=O) groups is 2. The number of carbonyl (C=O) groups excluding carboxylic acids is 2. The fourth-order valence-electron chi connectivity index (χ4n) is 3.49. The van der Waals surface area contributed by atoms with Gasteiger partial charge in [-0.05, 0) is 48.7 Å². The number of hydrogen-bond acceptors (Lipinski definition) is 5. The number of nitrogens with one attached hydrogen (secondary N) is 1. The molecule has 1 aliphatic heterocycles. The summed E-state index contributed by atoms with van der Waals surface area (Å²) in [5.74, 6) is 0.0382. The summed E-state index contributed by atoms with van der Waals surface area (Å²) in [6.07, 6.45) is 2.88. The van der Waals surface area contributed by atoms with Gasteiger partial charge in [-0.25, -0.2) is 9.37 Å². The highest BCUT2D eigenvalue weighted by Crippen LogP contribution is 2.23. The van der Waals surface area contributed by atoms with Gasteiger partial charge < -0.3 is 15.0 Å². The lowest BCUT2D eigenvalue weighted by Crippen LogP contribution is -2.41. The van der Waals surface area contributed by atoms with Crippen molar-refractivity contribution in [2.45, 2.75) is 19.4 Å². The molecule has 0 spiro atoms. The maximum Gasteiger partial charge on any atom is 0.253 e. The summed E-state index contributed by atoms with van der Waals surface area (Å²) < 4.78 is 18.8. The van der Waals surface area contributed by atoms with Gasteiger partial charge in [0.15, 0.2) is 5.13 Å². The molecule has 1 aromatic heterocycles. The molecule has 2 aromatic carbocycles. The molecule has 1 saturated heterocycles. The van der Waals surface area contributed by atoms with Crippen LogP contribution in [0.4, 0.5) is 9.52 Å². The summed E-state index contributed by atoms with van der Waals surface area (Å²) >= 11 is 1.39. The maximum atomic E-state index is 13.0. The highest BCUT2D eigenvalue weighted by atomic mass is 32.1. The van der Waals surface area contributed by atoms with Crippen LogP contribution in [0.3, 0.4) is 0 Å². The Kier molecular flexibility index (Phi) is 6.57. The van der Waals surface area contributed by atoms with Crippen molar-refractivity contribution in [2.75, 3.05) is 18.4 Å². The van der Waals surface area contributed by atoms with Crippen LogP contribution in [-0.4, -0.2) is 34.8 Å². The summed E-state index contributed by atoms with van der Waals surface area (Å²) in [5, 5.41) is 5.25. The molecule has 1 N–H and O–H groups in total. The van der Waals surface area contributed by atoms with Crippen molar-refractivity contribution < 1.29 is 18.7 Å². The van der Waals surface area contributed by atoms with Crippen LogP contribution >= 0.6 is 11.3 Å². The quantitative estimate of drug-likeness (QED) is 0.620. The molecule has 1 aliphatic rings. The van der Waals surface area contributed by atoms with Crippen LogP contribution in [0.5, 0.6) is 5.75 Å². The minimum atomic E-state index is -0.291. The van der Waals surface area contributed by atoms with E-state index in [-0.39, 0.29) is 30.2 Å². The summed E-state index contributed by atoms with van der Waals surface area (Å²) in [7, 11) is 0. The average molecular weight is 440 g/mol. The van der Waals surface area contributed by atoms with Crippen molar-refractivity contribution in [1.29, 1.82) is 0 Å². The second kappa shape index (κ2) is 9.70. The lowest BCUT2D eigenvalue weighted by molar-refractivity contribution is -0.121. The molecule has 160 valence electrons. The van der Waals surface area contributed by atoms with E-state index in [2.05, 4.69) is 10.3 Å². The van der Waals surface area contributed by atoms with Crippen molar-refractivity contribution in [1.82, 2.24) is 9.88 Å². The molecule has 3 aromatic rings. The molecule has 1 fully saturated rings. The van der Waals surface area contributed by atoms with E-state index >= 15 is 0 Å². The molecule has 0 saturated carbocycles. The molecule has 0 bridgehead atoms. The zero-order chi connectivity index (χ0) is 21.6. The van der Waals surface area contributed by atoms with Gasteiger partial charge in [-0.1, -0.05) is 18.2 Å². The minimum absolute atomic E-state index is 0.0433. The van der Waals surface area contributed by atoms with E-state index in [0.717, 1.165) is 5.56 Å². The molecular formula is C23H22FN3O3S. The first-order valence-corrected chi connectivity index (χ1v) is 10.9. The second-order valence-electron chi connectivity index (χ2n) is 7.34. The SMILES string of the molecule is O=C(Nc1nccs1)C1CCN(C(=O)c2cccc(OCc3ccc(F)cc3)c2)CC1. The predicted molar refractivity (Wildman–Crippen MR) is 117 cm³/mol. The molecule has 0 aliphatic carbocycles. The number of anilines is 1. The number of thiazole rings is 1. The highest BCUT2D eigenvalue weighted by Gasteiger charge is 2.28. The Labute approximate surface area is 183 Å². The molecule has 4 rings (SSSR count). The Morgan fingerprint density at radius 3 is 2.65 bits per heavy atom. The summed E-state index contributed by atoms with van der Waals surface area (Å²) in [6, 6.07) is 13.1. The second-order valence-corrected chi connectivity index (χ2v) is 8.23. The first-order chi connectivity index (χ1) is 15.1. The van der Waals surface area contributed by atoms with Gasteiger partial charge in [0.25, 0.3) is 5.91 Å². The van der Waals surface area contributed by atoms with Gasteiger partial charge in [-0.15, -0.1) is 11.3 Å². The van der Waals surface area contributed by atoms with Crippen molar-refractivity contribution in [2.24, 2.45) is 5.92 Å². The standard InChI is InChI=1S/C23H22FN3O3S/c24-19-6-4-16(5-7-19)15-30-20-3-1-2-18(14-20)22(29)27-11-8-17(9-12-27)21(28)26-23-25-10-13-31-23/h1-7,10,13-14,17H,8-9,11-12,15H2,(H,25,26,28). The molecule has 0 atom stereocenters. The number of nitrogens with zero attached hydrogens (tertiary/aromatic N) is 2. The van der Waals surface area contributed by atoms with Crippen molar-refractivity contribution in [3.8, 4) is 5.75 Å². The lowest BCUT2D eigenvalue weighted by atomic mass is 9.95. The number of likely N-dealkylation sites (tertiary alicyclic amines) is 1. The zero-order valence-corrected chi connectivity index (χ0v) is 17.6. The maximum absolute atomic E-state index is 13.0. The van der Waals surface area contributed by atoms with Crippen LogP contribution in [0.1, 0.15) is 28.8 Å². The fourth-order valence-corrected chi connectivity index (χ4v) is 4.02. The fraction of sp³-hybridized carbons (Fsp3) is 0.261. The normalized spacial score (nSPS) is 14.3. The largest absolute Gasteiger partial charge is 0.489 e. The van der Waals surface area contributed by atoms with E-state index in [1.807, 2.05) is 5.38 Å². The van der Waals surface area contributed by atoms with Gasteiger partial charge in [0.2, 0.25) is 5.91 Å². The Morgan fingerprint density at radius 1 is 1.16 bits per heavy atom. The average Bonchev–Trinajstić information content (AvgIpc) is 3.31. The summed E-state index contributed by atoms with van der Waals surface area (Å²) in [6.45, 7) is 1.34. The monoisotopic (exact) mass is 439 g/mol. The highest BCUT2D eigenvalue weighted by molar-refractivity contribution is 7.13. The topological polar surface area (TPSA) is 71.5 Å². The van der Waals surface area contributed by atoms with E-state index in [1.54, 1.807) is 47.5 Å². The number of halogens is 1. The van der Waals surface area contributed by atoms with E-state index in [1.165, 1.54) is 23.5 Å². The van der Waals surface area contributed by atoms with E-state index in [0.29, 0.717) is 42.4 Å². The molecule has 0 radical (unpaired) electrons. The van der Waals surface area contributed by atoms with Crippen LogP contribution in [0.2, 0.25) is 0 Å². The molecule has 31 heavy (non-hydrogen) atoms. The number of ether oxygens (including phenoxy) is 1. The lowest BCUT2D eigenvalue weighted by Gasteiger charge is -2.31. The first kappa shape index (κ1) is 21.0. The van der Waals surface area contributed by atoms with E-state index in [9.17, 15) is 14.0 Å². The Hall–Kier alpha value is -3.26. The smallest absolute Gasteiger partial charge is 0.253 e. The number of aromatic nitrogens is 1. The third-order valence-electron chi connectivity index (χ3n) is 5.22. The minimum Gasteiger partial charge on any atom is -0.489 e. The van der Waals surface area contributed by atoms with Crippen molar-refractivity contribution >= 4 is 28.3 Å². The van der Waals surface area contributed by atoms with E-state index in [4.69, 9.17) is 4.74 Å². The Balaban J connectivity index is 1.31. The number of piperidine rings is 1. The number of rotatable bonds is 6. The number of amides is 2. The Morgan fingerprint density at radius 2 is 1.94 bits per heavy atom. The van der Waals surface area contributed by atoms with Gasteiger partial charge in [-0.3, -0.25) is 9.59 Å². The predicted octanol–water partition coefficient (Wildman–Crippen LogP) is 4.35. The van der Waals surface area contributed by atoms with E-state index < -0.39 is 0 Å². The van der Waals surface area contributed by atoms with Gasteiger partial charge in [-0.2, -0.15) is 0 Å². The number of hydrogen-bond donors (Lipinski definition) is 1. The molecule has 8 heteroatoms. The zero-order valence-electron chi connectivity index (χ0n) is 16.8. The summed E-state index contributed by atoms with van der Waals surface area (Å²) in [5.41, 5.74) is 1.39. The van der Waals surface area contributed by atoms with Crippen LogP contribution in [-0.2, 0) is 11.4 Å². The molecule has 2 amide bonds.